The lowest BCUT2D eigenvalue weighted by Crippen LogP contribution is -1.82. The van der Waals surface area contributed by atoms with Crippen molar-refractivity contribution in [2.45, 2.75) is 0 Å². The normalized spacial score (nSPS) is 9.64. The van der Waals surface area contributed by atoms with E-state index in [2.05, 4.69) is 15.2 Å². The minimum atomic E-state index is 0.517. The predicted molar refractivity (Wildman–Crippen MR) is 55.2 cm³/mol. The van der Waals surface area contributed by atoms with Crippen LogP contribution in [0.1, 0.15) is 5.56 Å². The van der Waals surface area contributed by atoms with E-state index in [-0.39, 0.29) is 0 Å². The number of nitrogens with zero attached hydrogens (tertiary/aromatic N) is 3. The average Bonchev–Trinajstić information content (AvgIpc) is 2.65. The molecule has 0 fully saturated rings. The molecule has 0 radical (unpaired) electrons. The summed E-state index contributed by atoms with van der Waals surface area (Å²) in [6.07, 6.45) is 3.16. The van der Waals surface area contributed by atoms with Gasteiger partial charge in [-0.2, -0.15) is 10.4 Å². The number of pyridine rings is 1. The summed E-state index contributed by atoms with van der Waals surface area (Å²) in [6, 6.07) is 3.75. The van der Waals surface area contributed by atoms with Gasteiger partial charge in [0.05, 0.1) is 5.56 Å². The summed E-state index contributed by atoms with van der Waals surface area (Å²) in [4.78, 5) is 3.94. The van der Waals surface area contributed by atoms with Gasteiger partial charge in [-0.1, -0.05) is 11.3 Å². The van der Waals surface area contributed by atoms with Crippen LogP contribution in [-0.4, -0.2) is 15.2 Å². The molecule has 6 heteroatoms. The van der Waals surface area contributed by atoms with Crippen molar-refractivity contribution >= 4 is 23.6 Å². The Balaban J connectivity index is 2.53. The van der Waals surface area contributed by atoms with Gasteiger partial charge in [-0.25, -0.2) is 0 Å². The Hall–Kier alpha value is -1.58. The number of rotatable bonds is 1. The smallest absolute Gasteiger partial charge is 0.176 e. The summed E-state index contributed by atoms with van der Waals surface area (Å²) in [5, 5.41) is 16.1. The molecule has 0 aliphatic rings. The van der Waals surface area contributed by atoms with Crippen molar-refractivity contribution in [2.75, 3.05) is 0 Å². The van der Waals surface area contributed by atoms with Gasteiger partial charge in [0.15, 0.2) is 3.95 Å². The standard InChI is InChI=1S/C8H4N4S2/c9-2-5-1-6(4-10-3-5)7-11-12-8(13)14-7/h1,3-4H,(H,12,13). The Kier molecular flexibility index (Phi) is 2.35. The second-order valence-corrected chi connectivity index (χ2v) is 4.16. The zero-order chi connectivity index (χ0) is 9.97. The molecule has 0 aliphatic heterocycles. The van der Waals surface area contributed by atoms with Crippen LogP contribution in [0.25, 0.3) is 10.6 Å². The summed E-state index contributed by atoms with van der Waals surface area (Å²) in [6.45, 7) is 0. The molecule has 1 N–H and O–H groups in total. The summed E-state index contributed by atoms with van der Waals surface area (Å²) < 4.78 is 0.613. The van der Waals surface area contributed by atoms with Crippen LogP contribution in [0.4, 0.5) is 0 Å². The highest BCUT2D eigenvalue weighted by Crippen LogP contribution is 2.20. The van der Waals surface area contributed by atoms with E-state index in [1.165, 1.54) is 17.5 Å². The first kappa shape index (κ1) is 8.99. The molecule has 14 heavy (non-hydrogen) atoms. The minimum absolute atomic E-state index is 0.517. The molecule has 2 rings (SSSR count). The van der Waals surface area contributed by atoms with E-state index in [1.807, 2.05) is 6.07 Å². The fourth-order valence-electron chi connectivity index (χ4n) is 0.971. The highest BCUT2D eigenvalue weighted by molar-refractivity contribution is 7.73. The van der Waals surface area contributed by atoms with E-state index < -0.39 is 0 Å². The average molecular weight is 220 g/mol. The SMILES string of the molecule is N#Cc1cncc(-c2n[nH]c(=S)s2)c1. The molecule has 0 saturated carbocycles. The van der Waals surface area contributed by atoms with Crippen molar-refractivity contribution in [3.63, 3.8) is 0 Å². The van der Waals surface area contributed by atoms with E-state index in [0.29, 0.717) is 9.52 Å². The number of nitriles is 1. The first-order valence-electron chi connectivity index (χ1n) is 3.70. The molecule has 0 spiro atoms. The van der Waals surface area contributed by atoms with Crippen molar-refractivity contribution < 1.29 is 0 Å². The second kappa shape index (κ2) is 3.65. The fraction of sp³-hybridized carbons (Fsp3) is 0. The Morgan fingerprint density at radius 1 is 1.50 bits per heavy atom. The predicted octanol–water partition coefficient (Wildman–Crippen LogP) is 2.13. The maximum Gasteiger partial charge on any atom is 0.176 e. The van der Waals surface area contributed by atoms with E-state index in [4.69, 9.17) is 17.5 Å². The number of hydrogen-bond donors (Lipinski definition) is 1. The Morgan fingerprint density at radius 3 is 3.00 bits per heavy atom. The number of aromatic nitrogens is 3. The quantitative estimate of drug-likeness (QED) is 0.748. The van der Waals surface area contributed by atoms with Crippen LogP contribution in [-0.2, 0) is 0 Å². The van der Waals surface area contributed by atoms with Crippen LogP contribution in [0.15, 0.2) is 18.5 Å². The van der Waals surface area contributed by atoms with E-state index in [1.54, 1.807) is 12.3 Å². The van der Waals surface area contributed by atoms with Crippen LogP contribution in [0.2, 0.25) is 0 Å². The molecule has 0 bridgehead atoms. The van der Waals surface area contributed by atoms with Gasteiger partial charge in [-0.15, -0.1) is 0 Å². The van der Waals surface area contributed by atoms with Crippen molar-refractivity contribution in [1.29, 1.82) is 5.26 Å². The van der Waals surface area contributed by atoms with Gasteiger partial charge in [-0.05, 0) is 18.3 Å². The third kappa shape index (κ3) is 1.69. The number of aromatic amines is 1. The van der Waals surface area contributed by atoms with E-state index in [0.717, 1.165) is 10.6 Å². The maximum atomic E-state index is 8.68. The van der Waals surface area contributed by atoms with E-state index in [9.17, 15) is 0 Å². The molecule has 2 heterocycles. The number of nitrogens with one attached hydrogen (secondary N) is 1. The van der Waals surface area contributed by atoms with E-state index >= 15 is 0 Å². The van der Waals surface area contributed by atoms with Gasteiger partial charge < -0.3 is 0 Å². The van der Waals surface area contributed by atoms with Crippen molar-refractivity contribution in [3.8, 4) is 16.6 Å². The Morgan fingerprint density at radius 2 is 2.36 bits per heavy atom. The third-order valence-electron chi connectivity index (χ3n) is 1.55. The van der Waals surface area contributed by atoms with Crippen LogP contribution in [0.3, 0.4) is 0 Å². The van der Waals surface area contributed by atoms with Gasteiger partial charge in [0.2, 0.25) is 0 Å². The van der Waals surface area contributed by atoms with Crippen molar-refractivity contribution in [1.82, 2.24) is 15.2 Å². The molecule has 2 aromatic rings. The number of hydrogen-bond acceptors (Lipinski definition) is 5. The Bertz CT molecular complexity index is 549. The van der Waals surface area contributed by atoms with Gasteiger partial charge in [-0.3, -0.25) is 10.1 Å². The topological polar surface area (TPSA) is 65.4 Å². The summed E-state index contributed by atoms with van der Waals surface area (Å²) in [5.74, 6) is 0. The highest BCUT2D eigenvalue weighted by atomic mass is 32.1. The fourth-order valence-corrected chi connectivity index (χ4v) is 1.84. The second-order valence-electron chi connectivity index (χ2n) is 2.49. The molecule has 0 unspecified atom stereocenters. The van der Waals surface area contributed by atoms with Crippen LogP contribution in [0.5, 0.6) is 0 Å². The highest BCUT2D eigenvalue weighted by Gasteiger charge is 2.03. The van der Waals surface area contributed by atoms with Crippen LogP contribution < -0.4 is 0 Å². The zero-order valence-electron chi connectivity index (χ0n) is 6.89. The molecular formula is C8H4N4S2. The minimum Gasteiger partial charge on any atom is -0.263 e. The molecule has 0 aromatic carbocycles. The van der Waals surface area contributed by atoms with Crippen molar-refractivity contribution in [3.05, 3.63) is 28.0 Å². The summed E-state index contributed by atoms with van der Waals surface area (Å²) in [7, 11) is 0. The molecule has 0 amide bonds. The molecule has 4 nitrogen and oxygen atoms in total. The molecule has 0 aliphatic carbocycles. The molecule has 2 aromatic heterocycles. The van der Waals surface area contributed by atoms with Gasteiger partial charge in [0.1, 0.15) is 11.1 Å². The lowest BCUT2D eigenvalue weighted by atomic mass is 10.2. The van der Waals surface area contributed by atoms with Crippen molar-refractivity contribution in [2.24, 2.45) is 0 Å². The summed E-state index contributed by atoms with van der Waals surface area (Å²) in [5.41, 5.74) is 1.32. The molecule has 0 atom stereocenters. The van der Waals surface area contributed by atoms with Gasteiger partial charge >= 0.3 is 0 Å². The maximum absolute atomic E-state index is 8.68. The largest absolute Gasteiger partial charge is 0.263 e. The lowest BCUT2D eigenvalue weighted by Gasteiger charge is -1.93. The lowest BCUT2D eigenvalue weighted by molar-refractivity contribution is 1.08. The Labute approximate surface area is 88.9 Å². The monoisotopic (exact) mass is 220 g/mol. The first-order chi connectivity index (χ1) is 6.79. The molecular weight excluding hydrogens is 216 g/mol. The number of H-pyrrole nitrogens is 1. The molecule has 0 saturated heterocycles. The zero-order valence-corrected chi connectivity index (χ0v) is 8.52. The first-order valence-corrected chi connectivity index (χ1v) is 4.93. The van der Waals surface area contributed by atoms with Gasteiger partial charge in [0, 0.05) is 18.0 Å². The van der Waals surface area contributed by atoms with Gasteiger partial charge in [0.25, 0.3) is 0 Å². The third-order valence-corrected chi connectivity index (χ3v) is 2.69. The van der Waals surface area contributed by atoms with Crippen LogP contribution in [0, 0.1) is 15.3 Å². The molecule has 68 valence electrons. The van der Waals surface area contributed by atoms with Crippen LogP contribution >= 0.6 is 23.6 Å². The summed E-state index contributed by atoms with van der Waals surface area (Å²) >= 11 is 6.27.